The summed E-state index contributed by atoms with van der Waals surface area (Å²) in [6, 6.07) is 5.47. The van der Waals surface area contributed by atoms with Gasteiger partial charge < -0.3 is 0 Å². The van der Waals surface area contributed by atoms with E-state index in [0.717, 1.165) is 16.5 Å². The SMILES string of the molecule is Clc1ccc(CSc2ncn[nH]2)c(Cl)c1. The van der Waals surface area contributed by atoms with Gasteiger partial charge in [-0.3, -0.25) is 5.10 Å². The highest BCUT2D eigenvalue weighted by molar-refractivity contribution is 7.98. The molecule has 1 aromatic carbocycles. The van der Waals surface area contributed by atoms with E-state index in [1.54, 1.807) is 17.8 Å². The number of aromatic amines is 1. The van der Waals surface area contributed by atoms with E-state index in [9.17, 15) is 0 Å². The van der Waals surface area contributed by atoms with Gasteiger partial charge in [-0.2, -0.15) is 5.10 Å². The summed E-state index contributed by atoms with van der Waals surface area (Å²) in [6.45, 7) is 0. The minimum absolute atomic E-state index is 0.647. The number of aromatic nitrogens is 3. The van der Waals surface area contributed by atoms with Crippen LogP contribution in [-0.4, -0.2) is 15.2 Å². The fourth-order valence-electron chi connectivity index (χ4n) is 1.05. The summed E-state index contributed by atoms with van der Waals surface area (Å²) in [5, 5.41) is 8.63. The lowest BCUT2D eigenvalue weighted by Crippen LogP contribution is -1.83. The molecule has 0 aliphatic heterocycles. The zero-order valence-corrected chi connectivity index (χ0v) is 9.90. The van der Waals surface area contributed by atoms with E-state index >= 15 is 0 Å². The first-order valence-corrected chi connectivity index (χ1v) is 5.92. The first-order chi connectivity index (χ1) is 7.25. The van der Waals surface area contributed by atoms with Crippen LogP contribution < -0.4 is 0 Å². The van der Waals surface area contributed by atoms with E-state index in [1.165, 1.54) is 6.33 Å². The molecule has 0 spiro atoms. The fraction of sp³-hybridized carbons (Fsp3) is 0.111. The molecule has 2 aromatic rings. The highest BCUT2D eigenvalue weighted by atomic mass is 35.5. The molecular weight excluding hydrogens is 253 g/mol. The van der Waals surface area contributed by atoms with Crippen molar-refractivity contribution in [1.82, 2.24) is 15.2 Å². The number of hydrogen-bond donors (Lipinski definition) is 1. The second-order valence-corrected chi connectivity index (χ2v) is 4.62. The van der Waals surface area contributed by atoms with E-state index < -0.39 is 0 Å². The van der Waals surface area contributed by atoms with Crippen molar-refractivity contribution in [3.63, 3.8) is 0 Å². The second-order valence-electron chi connectivity index (χ2n) is 2.82. The summed E-state index contributed by atoms with van der Waals surface area (Å²) in [5.41, 5.74) is 1.03. The smallest absolute Gasteiger partial charge is 0.183 e. The van der Waals surface area contributed by atoms with Gasteiger partial charge in [-0.05, 0) is 17.7 Å². The molecule has 0 unspecified atom stereocenters. The molecule has 1 heterocycles. The second kappa shape index (κ2) is 4.88. The topological polar surface area (TPSA) is 41.6 Å². The average Bonchev–Trinajstić information content (AvgIpc) is 2.69. The third-order valence-corrected chi connectivity index (χ3v) is 3.28. The molecule has 0 saturated heterocycles. The molecule has 0 saturated carbocycles. The van der Waals surface area contributed by atoms with Crippen LogP contribution in [-0.2, 0) is 5.75 Å². The van der Waals surface area contributed by atoms with Gasteiger partial charge in [0.25, 0.3) is 0 Å². The van der Waals surface area contributed by atoms with E-state index in [1.807, 2.05) is 12.1 Å². The van der Waals surface area contributed by atoms with Crippen molar-refractivity contribution in [2.24, 2.45) is 0 Å². The Morgan fingerprint density at radius 3 is 2.87 bits per heavy atom. The van der Waals surface area contributed by atoms with E-state index in [4.69, 9.17) is 23.2 Å². The molecule has 0 radical (unpaired) electrons. The van der Waals surface area contributed by atoms with Gasteiger partial charge in [0, 0.05) is 15.8 Å². The van der Waals surface area contributed by atoms with Crippen molar-refractivity contribution in [3.8, 4) is 0 Å². The Balaban J connectivity index is 2.05. The van der Waals surface area contributed by atoms with Crippen molar-refractivity contribution in [2.75, 3.05) is 0 Å². The number of hydrogen-bond acceptors (Lipinski definition) is 3. The van der Waals surface area contributed by atoms with Crippen LogP contribution in [0.25, 0.3) is 0 Å². The highest BCUT2D eigenvalue weighted by Gasteiger charge is 2.03. The van der Waals surface area contributed by atoms with Crippen molar-refractivity contribution < 1.29 is 0 Å². The van der Waals surface area contributed by atoms with Crippen LogP contribution >= 0.6 is 35.0 Å². The third-order valence-electron chi connectivity index (χ3n) is 1.77. The maximum absolute atomic E-state index is 6.03. The molecule has 0 amide bonds. The Morgan fingerprint density at radius 2 is 2.20 bits per heavy atom. The molecule has 1 N–H and O–H groups in total. The molecule has 78 valence electrons. The zero-order valence-electron chi connectivity index (χ0n) is 7.58. The van der Waals surface area contributed by atoms with Gasteiger partial charge in [-0.25, -0.2) is 4.98 Å². The highest BCUT2D eigenvalue weighted by Crippen LogP contribution is 2.26. The zero-order chi connectivity index (χ0) is 10.7. The third kappa shape index (κ3) is 2.87. The normalized spacial score (nSPS) is 10.5. The van der Waals surface area contributed by atoms with Crippen LogP contribution in [0.5, 0.6) is 0 Å². The first kappa shape index (κ1) is 10.8. The summed E-state index contributed by atoms with van der Waals surface area (Å²) >= 11 is 13.4. The Hall–Kier alpha value is -0.710. The van der Waals surface area contributed by atoms with Crippen LogP contribution in [0.3, 0.4) is 0 Å². The van der Waals surface area contributed by atoms with Crippen molar-refractivity contribution >= 4 is 35.0 Å². The molecule has 0 bridgehead atoms. The number of H-pyrrole nitrogens is 1. The van der Waals surface area contributed by atoms with Crippen LogP contribution in [0.1, 0.15) is 5.56 Å². The lowest BCUT2D eigenvalue weighted by molar-refractivity contribution is 0.973. The quantitative estimate of drug-likeness (QED) is 0.860. The monoisotopic (exact) mass is 259 g/mol. The van der Waals surface area contributed by atoms with E-state index in [-0.39, 0.29) is 0 Å². The van der Waals surface area contributed by atoms with Gasteiger partial charge in [0.05, 0.1) is 0 Å². The van der Waals surface area contributed by atoms with E-state index in [0.29, 0.717) is 10.0 Å². The maximum atomic E-state index is 6.03. The first-order valence-electron chi connectivity index (χ1n) is 4.18. The predicted octanol–water partition coefficient (Wildman–Crippen LogP) is 3.40. The van der Waals surface area contributed by atoms with Gasteiger partial charge in [0.2, 0.25) is 0 Å². The molecule has 15 heavy (non-hydrogen) atoms. The Morgan fingerprint density at radius 1 is 1.33 bits per heavy atom. The summed E-state index contributed by atoms with van der Waals surface area (Å²) in [5.74, 6) is 0.741. The Labute approximate surface area is 101 Å². The average molecular weight is 260 g/mol. The van der Waals surface area contributed by atoms with Crippen LogP contribution in [0.15, 0.2) is 29.7 Å². The Bertz CT molecular complexity index is 445. The number of rotatable bonds is 3. The number of halogens is 2. The van der Waals surface area contributed by atoms with Crippen LogP contribution in [0.4, 0.5) is 0 Å². The lowest BCUT2D eigenvalue weighted by Gasteiger charge is -2.02. The maximum Gasteiger partial charge on any atom is 0.183 e. The molecule has 0 atom stereocenters. The van der Waals surface area contributed by atoms with Crippen molar-refractivity contribution in [2.45, 2.75) is 10.9 Å². The Kier molecular flexibility index (Phi) is 3.51. The van der Waals surface area contributed by atoms with Gasteiger partial charge in [-0.15, -0.1) is 0 Å². The molecular formula is C9H7Cl2N3S. The molecule has 1 aromatic heterocycles. The summed E-state index contributed by atoms with van der Waals surface area (Å²) in [6.07, 6.45) is 1.48. The van der Waals surface area contributed by atoms with Gasteiger partial charge in [-0.1, -0.05) is 41.0 Å². The fourth-order valence-corrected chi connectivity index (χ4v) is 2.39. The number of nitrogens with zero attached hydrogens (tertiary/aromatic N) is 2. The number of benzene rings is 1. The minimum atomic E-state index is 0.647. The number of thioether (sulfide) groups is 1. The van der Waals surface area contributed by atoms with Crippen molar-refractivity contribution in [1.29, 1.82) is 0 Å². The summed E-state index contributed by atoms with van der Waals surface area (Å²) in [7, 11) is 0. The standard InChI is InChI=1S/C9H7Cl2N3S/c10-7-2-1-6(8(11)3-7)4-15-9-12-5-13-14-9/h1-3,5H,4H2,(H,12,13,14). The summed E-state index contributed by atoms with van der Waals surface area (Å²) in [4.78, 5) is 4.01. The van der Waals surface area contributed by atoms with Gasteiger partial charge in [0.15, 0.2) is 5.16 Å². The molecule has 6 heteroatoms. The van der Waals surface area contributed by atoms with Gasteiger partial charge >= 0.3 is 0 Å². The molecule has 0 aliphatic rings. The van der Waals surface area contributed by atoms with Gasteiger partial charge in [0.1, 0.15) is 6.33 Å². The lowest BCUT2D eigenvalue weighted by atomic mass is 10.2. The minimum Gasteiger partial charge on any atom is -0.254 e. The van der Waals surface area contributed by atoms with Crippen molar-refractivity contribution in [3.05, 3.63) is 40.1 Å². The molecule has 0 fully saturated rings. The molecule has 2 rings (SSSR count). The molecule has 3 nitrogen and oxygen atoms in total. The van der Waals surface area contributed by atoms with Crippen LogP contribution in [0, 0.1) is 0 Å². The predicted molar refractivity (Wildman–Crippen MR) is 62.4 cm³/mol. The number of nitrogens with one attached hydrogen (secondary N) is 1. The summed E-state index contributed by atoms with van der Waals surface area (Å²) < 4.78 is 0. The molecule has 0 aliphatic carbocycles. The largest absolute Gasteiger partial charge is 0.254 e. The van der Waals surface area contributed by atoms with Crippen LogP contribution in [0.2, 0.25) is 10.0 Å². The van der Waals surface area contributed by atoms with E-state index in [2.05, 4.69) is 15.2 Å².